The molecule has 1 aliphatic rings. The summed E-state index contributed by atoms with van der Waals surface area (Å²) in [5.74, 6) is 1.01. The van der Waals surface area contributed by atoms with Crippen molar-refractivity contribution < 1.29 is 4.79 Å². The molecule has 0 saturated heterocycles. The Morgan fingerprint density at radius 3 is 2.93 bits per heavy atom. The Labute approximate surface area is 88.3 Å². The normalized spacial score (nSPS) is 15.5. The number of fused-ring (bicyclic) bond motifs is 1. The maximum Gasteiger partial charge on any atom is 0.228 e. The first kappa shape index (κ1) is 9.59. The van der Waals surface area contributed by atoms with Crippen LogP contribution in [0.25, 0.3) is 0 Å². The van der Waals surface area contributed by atoms with Crippen molar-refractivity contribution in [3.05, 3.63) is 29.8 Å². The highest BCUT2D eigenvalue weighted by Gasteiger charge is 2.22. The second kappa shape index (κ2) is 4.05. The fourth-order valence-corrected chi connectivity index (χ4v) is 2.31. The highest BCUT2D eigenvalue weighted by Crippen LogP contribution is 2.28. The molecule has 1 aromatic rings. The van der Waals surface area contributed by atoms with Gasteiger partial charge >= 0.3 is 0 Å². The van der Waals surface area contributed by atoms with E-state index in [0.29, 0.717) is 6.42 Å². The number of nitrogens with zero attached hydrogens (tertiary/aromatic N) is 1. The van der Waals surface area contributed by atoms with Crippen LogP contribution in [0, 0.1) is 0 Å². The van der Waals surface area contributed by atoms with Gasteiger partial charge in [-0.05, 0) is 24.3 Å². The standard InChI is InChI=1S/C11H13NOS/c1-14-8-12-10-5-3-2-4-9(10)6-7-11(12)13/h2-5H,6-8H2,1H3. The zero-order valence-corrected chi connectivity index (χ0v) is 9.01. The van der Waals surface area contributed by atoms with Gasteiger partial charge in [-0.2, -0.15) is 0 Å². The molecule has 0 aromatic heterocycles. The topological polar surface area (TPSA) is 20.3 Å². The average Bonchev–Trinajstić information content (AvgIpc) is 2.23. The van der Waals surface area contributed by atoms with Gasteiger partial charge in [-0.1, -0.05) is 18.2 Å². The van der Waals surface area contributed by atoms with Crippen LogP contribution in [0.2, 0.25) is 0 Å². The number of amides is 1. The number of anilines is 1. The summed E-state index contributed by atoms with van der Waals surface area (Å²) in [7, 11) is 0. The van der Waals surface area contributed by atoms with E-state index in [1.165, 1.54) is 5.56 Å². The maximum atomic E-state index is 11.7. The van der Waals surface area contributed by atoms with Crippen molar-refractivity contribution in [3.63, 3.8) is 0 Å². The van der Waals surface area contributed by atoms with Gasteiger partial charge in [-0.25, -0.2) is 0 Å². The van der Waals surface area contributed by atoms with Gasteiger partial charge in [0.25, 0.3) is 0 Å². The second-order valence-corrected chi connectivity index (χ2v) is 4.20. The van der Waals surface area contributed by atoms with Gasteiger partial charge in [0.05, 0.1) is 5.88 Å². The third kappa shape index (κ3) is 1.64. The molecule has 1 amide bonds. The van der Waals surface area contributed by atoms with Gasteiger partial charge in [0, 0.05) is 12.1 Å². The fourth-order valence-electron chi connectivity index (χ4n) is 1.77. The molecule has 14 heavy (non-hydrogen) atoms. The molecule has 0 N–H and O–H groups in total. The van der Waals surface area contributed by atoms with Crippen LogP contribution >= 0.6 is 11.8 Å². The summed E-state index contributed by atoms with van der Waals surface area (Å²) in [5.41, 5.74) is 2.39. The summed E-state index contributed by atoms with van der Waals surface area (Å²) < 4.78 is 0. The Kier molecular flexibility index (Phi) is 2.77. The Bertz CT molecular complexity index is 351. The van der Waals surface area contributed by atoms with E-state index in [1.54, 1.807) is 11.8 Å². The quantitative estimate of drug-likeness (QED) is 0.741. The van der Waals surface area contributed by atoms with Gasteiger partial charge < -0.3 is 4.90 Å². The van der Waals surface area contributed by atoms with Gasteiger partial charge in [0.1, 0.15) is 0 Å². The monoisotopic (exact) mass is 207 g/mol. The molecule has 2 rings (SSSR count). The predicted octanol–water partition coefficient (Wildman–Crippen LogP) is 2.29. The van der Waals surface area contributed by atoms with Crippen LogP contribution in [0.3, 0.4) is 0 Å². The Morgan fingerprint density at radius 1 is 1.36 bits per heavy atom. The largest absolute Gasteiger partial charge is 0.302 e. The SMILES string of the molecule is CSCN1C(=O)CCc2ccccc21. The molecule has 1 heterocycles. The van der Waals surface area contributed by atoms with Gasteiger partial charge in [0.15, 0.2) is 0 Å². The van der Waals surface area contributed by atoms with Crippen molar-refractivity contribution in [1.82, 2.24) is 0 Å². The molecule has 0 saturated carbocycles. The summed E-state index contributed by atoms with van der Waals surface area (Å²) in [6, 6.07) is 8.16. The Balaban J connectivity index is 2.36. The van der Waals surface area contributed by atoms with E-state index >= 15 is 0 Å². The molecule has 1 aromatic carbocycles. The van der Waals surface area contributed by atoms with Gasteiger partial charge in [-0.3, -0.25) is 4.79 Å². The third-order valence-electron chi connectivity index (χ3n) is 2.45. The van der Waals surface area contributed by atoms with Crippen molar-refractivity contribution in [3.8, 4) is 0 Å². The minimum atomic E-state index is 0.248. The minimum absolute atomic E-state index is 0.248. The molecule has 0 atom stereocenters. The number of benzene rings is 1. The Hall–Kier alpha value is -0.960. The molecule has 0 radical (unpaired) electrons. The number of hydrogen-bond donors (Lipinski definition) is 0. The minimum Gasteiger partial charge on any atom is -0.302 e. The van der Waals surface area contributed by atoms with Crippen molar-refractivity contribution in [2.75, 3.05) is 17.0 Å². The lowest BCUT2D eigenvalue weighted by Gasteiger charge is -2.28. The number of carbonyl (C=O) groups is 1. The van der Waals surface area contributed by atoms with Crippen LogP contribution in [-0.2, 0) is 11.2 Å². The number of rotatable bonds is 2. The predicted molar refractivity (Wildman–Crippen MR) is 60.6 cm³/mol. The van der Waals surface area contributed by atoms with Crippen LogP contribution in [0.15, 0.2) is 24.3 Å². The molecule has 1 aliphatic heterocycles. The van der Waals surface area contributed by atoms with Crippen LogP contribution in [0.5, 0.6) is 0 Å². The summed E-state index contributed by atoms with van der Waals surface area (Å²) in [6.07, 6.45) is 3.56. The molecule has 0 aliphatic carbocycles. The van der Waals surface area contributed by atoms with E-state index in [9.17, 15) is 4.79 Å². The molecule has 0 bridgehead atoms. The first-order chi connectivity index (χ1) is 6.83. The number of carbonyl (C=O) groups excluding carboxylic acids is 1. The smallest absolute Gasteiger partial charge is 0.228 e. The third-order valence-corrected chi connectivity index (χ3v) is 2.97. The summed E-state index contributed by atoms with van der Waals surface area (Å²) >= 11 is 1.68. The molecule has 2 nitrogen and oxygen atoms in total. The van der Waals surface area contributed by atoms with Crippen LogP contribution in [0.1, 0.15) is 12.0 Å². The van der Waals surface area contributed by atoms with Gasteiger partial charge in [0.2, 0.25) is 5.91 Å². The molecule has 0 fully saturated rings. The number of para-hydroxylation sites is 1. The summed E-state index contributed by atoms with van der Waals surface area (Å²) in [5, 5.41) is 0. The lowest BCUT2D eigenvalue weighted by atomic mass is 10.0. The molecular weight excluding hydrogens is 194 g/mol. The van der Waals surface area contributed by atoms with Crippen molar-refractivity contribution in [1.29, 1.82) is 0 Å². The number of hydrogen-bond acceptors (Lipinski definition) is 2. The summed E-state index contributed by atoms with van der Waals surface area (Å²) in [6.45, 7) is 0. The highest BCUT2D eigenvalue weighted by atomic mass is 32.2. The van der Waals surface area contributed by atoms with E-state index in [-0.39, 0.29) is 5.91 Å². The maximum absolute atomic E-state index is 11.7. The van der Waals surface area contributed by atoms with E-state index in [0.717, 1.165) is 18.0 Å². The first-order valence-electron chi connectivity index (χ1n) is 4.70. The van der Waals surface area contributed by atoms with Crippen LogP contribution in [0.4, 0.5) is 5.69 Å². The van der Waals surface area contributed by atoms with Gasteiger partial charge in [-0.15, -0.1) is 11.8 Å². The van der Waals surface area contributed by atoms with E-state index in [4.69, 9.17) is 0 Å². The fraction of sp³-hybridized carbons (Fsp3) is 0.364. The highest BCUT2D eigenvalue weighted by molar-refractivity contribution is 7.98. The van der Waals surface area contributed by atoms with Crippen LogP contribution in [-0.4, -0.2) is 18.0 Å². The van der Waals surface area contributed by atoms with Crippen molar-refractivity contribution in [2.24, 2.45) is 0 Å². The lowest BCUT2D eigenvalue weighted by Crippen LogP contribution is -2.34. The molecule has 0 unspecified atom stereocenters. The van der Waals surface area contributed by atoms with Crippen molar-refractivity contribution in [2.45, 2.75) is 12.8 Å². The average molecular weight is 207 g/mol. The van der Waals surface area contributed by atoms with E-state index in [1.807, 2.05) is 29.4 Å². The number of thioether (sulfide) groups is 1. The van der Waals surface area contributed by atoms with Crippen molar-refractivity contribution >= 4 is 23.4 Å². The zero-order chi connectivity index (χ0) is 9.97. The lowest BCUT2D eigenvalue weighted by molar-refractivity contribution is -0.118. The molecule has 74 valence electrons. The molecule has 3 heteroatoms. The van der Waals surface area contributed by atoms with E-state index in [2.05, 4.69) is 6.07 Å². The second-order valence-electron chi connectivity index (χ2n) is 3.37. The number of aryl methyl sites for hydroxylation is 1. The first-order valence-corrected chi connectivity index (χ1v) is 6.09. The zero-order valence-electron chi connectivity index (χ0n) is 8.19. The summed E-state index contributed by atoms with van der Waals surface area (Å²) in [4.78, 5) is 13.5. The van der Waals surface area contributed by atoms with Crippen LogP contribution < -0.4 is 4.90 Å². The molecule has 0 spiro atoms. The molecular formula is C11H13NOS. The van der Waals surface area contributed by atoms with E-state index < -0.39 is 0 Å². The Morgan fingerprint density at radius 2 is 2.14 bits per heavy atom.